The Morgan fingerprint density at radius 1 is 0.865 bits per heavy atom. The van der Waals surface area contributed by atoms with Gasteiger partial charge in [-0.05, 0) is 107 Å². The largest absolute Gasteiger partial charge is 0.508 e. The molecule has 0 amide bonds. The highest BCUT2D eigenvalue weighted by Crippen LogP contribution is 2.25. The van der Waals surface area contributed by atoms with Gasteiger partial charge in [-0.2, -0.15) is 0 Å². The third kappa shape index (κ3) is 8.51. The summed E-state index contributed by atoms with van der Waals surface area (Å²) in [6.45, 7) is 5.97. The molecule has 0 aliphatic heterocycles. The van der Waals surface area contributed by atoms with E-state index in [-0.39, 0.29) is 12.1 Å². The predicted octanol–water partition coefficient (Wildman–Crippen LogP) is 5.85. The van der Waals surface area contributed by atoms with Crippen molar-refractivity contribution >= 4 is 5.69 Å². The summed E-state index contributed by atoms with van der Waals surface area (Å²) in [6.07, 6.45) is 5.92. The molecular weight excluding hydrogens is 460 g/mol. The summed E-state index contributed by atoms with van der Waals surface area (Å²) >= 11 is 0. The van der Waals surface area contributed by atoms with Gasteiger partial charge in [0.05, 0.1) is 13.7 Å². The van der Waals surface area contributed by atoms with Crippen LogP contribution in [0.5, 0.6) is 11.5 Å². The number of benzene rings is 3. The van der Waals surface area contributed by atoms with Crippen molar-refractivity contribution in [3.8, 4) is 11.5 Å². The highest BCUT2D eigenvalue weighted by Gasteiger charge is 2.20. The van der Waals surface area contributed by atoms with Crippen molar-refractivity contribution < 1.29 is 14.9 Å². The Balaban J connectivity index is 0.000000284. The number of rotatable bonds is 9. The molecule has 200 valence electrons. The van der Waals surface area contributed by atoms with Crippen LogP contribution in [0.3, 0.4) is 0 Å². The number of nitrogens with zero attached hydrogens (tertiary/aromatic N) is 2. The first-order chi connectivity index (χ1) is 17.7. The second kappa shape index (κ2) is 13.5. The smallest absolute Gasteiger partial charge is 0.120 e. The molecule has 5 nitrogen and oxygen atoms in total. The summed E-state index contributed by atoms with van der Waals surface area (Å²) in [6, 6.07) is 22.5. The van der Waals surface area contributed by atoms with Crippen molar-refractivity contribution in [3.05, 3.63) is 89.0 Å². The SMILES string of the molecule is COc1cccc(N(CCO)Cc2ccc(CC(C)(C)N(C)C)cc2)c1.Oc1ccc2c(c1)CCCC2. The van der Waals surface area contributed by atoms with E-state index in [9.17, 15) is 10.2 Å². The third-order valence-electron chi connectivity index (χ3n) is 7.36. The van der Waals surface area contributed by atoms with Gasteiger partial charge in [0.25, 0.3) is 0 Å². The van der Waals surface area contributed by atoms with Gasteiger partial charge < -0.3 is 24.7 Å². The van der Waals surface area contributed by atoms with E-state index in [1.54, 1.807) is 13.2 Å². The van der Waals surface area contributed by atoms with Crippen LogP contribution in [0.15, 0.2) is 66.7 Å². The molecular formula is C32H44N2O3. The van der Waals surface area contributed by atoms with E-state index in [0.29, 0.717) is 12.3 Å². The third-order valence-corrected chi connectivity index (χ3v) is 7.36. The van der Waals surface area contributed by atoms with Gasteiger partial charge >= 0.3 is 0 Å². The average Bonchev–Trinajstić information content (AvgIpc) is 2.89. The summed E-state index contributed by atoms with van der Waals surface area (Å²) in [5.74, 6) is 1.23. The molecule has 1 aliphatic carbocycles. The van der Waals surface area contributed by atoms with Crippen molar-refractivity contribution in [1.82, 2.24) is 4.90 Å². The number of hydrogen-bond donors (Lipinski definition) is 2. The topological polar surface area (TPSA) is 56.2 Å². The number of fused-ring (bicyclic) bond motifs is 1. The fourth-order valence-corrected chi connectivity index (χ4v) is 4.59. The molecule has 2 N–H and O–H groups in total. The Kier molecular flexibility index (Phi) is 10.4. The lowest BCUT2D eigenvalue weighted by atomic mass is 9.92. The number of aliphatic hydroxyl groups is 1. The van der Waals surface area contributed by atoms with Crippen LogP contribution in [-0.2, 0) is 25.8 Å². The standard InChI is InChI=1S/C22H32N2O2.C10H12O/c1-22(2,23(3)4)16-18-9-11-19(12-10-18)17-24(13-14-25)20-7-6-8-21(15-20)26-5;11-10-6-5-8-3-1-2-4-9(8)7-10/h6-12,15,25H,13-14,16-17H2,1-5H3;5-7,11H,1-4H2. The lowest BCUT2D eigenvalue weighted by molar-refractivity contribution is 0.195. The Labute approximate surface area is 223 Å². The lowest BCUT2D eigenvalue weighted by Gasteiger charge is -2.32. The highest BCUT2D eigenvalue weighted by atomic mass is 16.5. The van der Waals surface area contributed by atoms with Crippen LogP contribution in [0, 0.1) is 0 Å². The summed E-state index contributed by atoms with van der Waals surface area (Å²) in [7, 11) is 5.91. The molecule has 0 spiro atoms. The minimum Gasteiger partial charge on any atom is -0.508 e. The van der Waals surface area contributed by atoms with E-state index in [1.165, 1.54) is 41.5 Å². The van der Waals surface area contributed by atoms with Gasteiger partial charge in [-0.3, -0.25) is 0 Å². The van der Waals surface area contributed by atoms with Crippen molar-refractivity contribution in [3.63, 3.8) is 0 Å². The maximum Gasteiger partial charge on any atom is 0.120 e. The number of likely N-dealkylation sites (N-methyl/N-ethyl adjacent to an activating group) is 1. The first-order valence-electron chi connectivity index (χ1n) is 13.3. The molecule has 3 aromatic rings. The van der Waals surface area contributed by atoms with Gasteiger partial charge in [-0.1, -0.05) is 36.4 Å². The zero-order valence-corrected chi connectivity index (χ0v) is 23.2. The van der Waals surface area contributed by atoms with Crippen LogP contribution in [0.25, 0.3) is 0 Å². The number of methoxy groups -OCH3 is 1. The van der Waals surface area contributed by atoms with E-state index < -0.39 is 0 Å². The molecule has 0 radical (unpaired) electrons. The highest BCUT2D eigenvalue weighted by molar-refractivity contribution is 5.51. The minimum absolute atomic E-state index is 0.117. The Morgan fingerprint density at radius 2 is 1.54 bits per heavy atom. The molecule has 0 fully saturated rings. The number of anilines is 1. The van der Waals surface area contributed by atoms with Gasteiger partial charge in [0.2, 0.25) is 0 Å². The normalized spacial score (nSPS) is 12.9. The number of aromatic hydroxyl groups is 1. The molecule has 0 saturated heterocycles. The molecule has 5 heteroatoms. The second-order valence-electron chi connectivity index (χ2n) is 10.7. The van der Waals surface area contributed by atoms with Crippen molar-refractivity contribution in [2.75, 3.05) is 39.3 Å². The number of phenols is 1. The fourth-order valence-electron chi connectivity index (χ4n) is 4.59. The molecule has 0 saturated carbocycles. The van der Waals surface area contributed by atoms with E-state index >= 15 is 0 Å². The minimum atomic E-state index is 0.117. The van der Waals surface area contributed by atoms with Crippen LogP contribution < -0.4 is 9.64 Å². The molecule has 0 heterocycles. The van der Waals surface area contributed by atoms with Crippen molar-refractivity contribution in [1.29, 1.82) is 0 Å². The first-order valence-corrected chi connectivity index (χ1v) is 13.3. The zero-order chi connectivity index (χ0) is 26.8. The van der Waals surface area contributed by atoms with Gasteiger partial charge in [0, 0.05) is 30.4 Å². The first kappa shape index (κ1) is 28.5. The number of aryl methyl sites for hydroxylation is 2. The summed E-state index contributed by atoms with van der Waals surface area (Å²) in [5, 5.41) is 18.6. The summed E-state index contributed by atoms with van der Waals surface area (Å²) in [4.78, 5) is 4.42. The lowest BCUT2D eigenvalue weighted by Crippen LogP contribution is -2.40. The van der Waals surface area contributed by atoms with Crippen LogP contribution >= 0.6 is 0 Å². The second-order valence-corrected chi connectivity index (χ2v) is 10.7. The van der Waals surface area contributed by atoms with Gasteiger partial charge in [-0.25, -0.2) is 0 Å². The maximum absolute atomic E-state index is 9.45. The number of ether oxygens (including phenoxy) is 1. The average molecular weight is 505 g/mol. The monoisotopic (exact) mass is 504 g/mol. The molecule has 1 aliphatic rings. The summed E-state index contributed by atoms with van der Waals surface area (Å²) in [5.41, 5.74) is 6.52. The van der Waals surface area contributed by atoms with Crippen LogP contribution in [0.2, 0.25) is 0 Å². The van der Waals surface area contributed by atoms with Crippen LogP contribution in [-0.4, -0.2) is 55.0 Å². The van der Waals surface area contributed by atoms with E-state index in [2.05, 4.69) is 62.0 Å². The van der Waals surface area contributed by atoms with Crippen LogP contribution in [0.1, 0.15) is 48.9 Å². The summed E-state index contributed by atoms with van der Waals surface area (Å²) < 4.78 is 5.32. The van der Waals surface area contributed by atoms with E-state index in [4.69, 9.17) is 4.74 Å². The molecule has 0 bridgehead atoms. The number of hydrogen-bond acceptors (Lipinski definition) is 5. The number of aliphatic hydroxyl groups excluding tert-OH is 1. The van der Waals surface area contributed by atoms with Gasteiger partial charge in [0.15, 0.2) is 0 Å². The van der Waals surface area contributed by atoms with E-state index in [0.717, 1.165) is 30.8 Å². The Hall–Kier alpha value is -3.02. The maximum atomic E-state index is 9.45. The Morgan fingerprint density at radius 3 is 2.19 bits per heavy atom. The molecule has 37 heavy (non-hydrogen) atoms. The fraction of sp³-hybridized carbons (Fsp3) is 0.438. The quantitative estimate of drug-likeness (QED) is 0.383. The number of phenolic OH excluding ortho intramolecular Hbond substituents is 1. The Bertz CT molecular complexity index is 1110. The molecule has 0 aromatic heterocycles. The van der Waals surface area contributed by atoms with Crippen molar-refractivity contribution in [2.45, 2.75) is 58.0 Å². The van der Waals surface area contributed by atoms with Gasteiger partial charge in [0.1, 0.15) is 11.5 Å². The zero-order valence-electron chi connectivity index (χ0n) is 23.2. The molecule has 4 rings (SSSR count). The molecule has 0 atom stereocenters. The van der Waals surface area contributed by atoms with Gasteiger partial charge in [-0.15, -0.1) is 0 Å². The molecule has 0 unspecified atom stereocenters. The molecule has 3 aromatic carbocycles. The van der Waals surface area contributed by atoms with E-state index in [1.807, 2.05) is 36.4 Å². The predicted molar refractivity (Wildman–Crippen MR) is 154 cm³/mol. The van der Waals surface area contributed by atoms with Crippen molar-refractivity contribution in [2.24, 2.45) is 0 Å². The van der Waals surface area contributed by atoms with Crippen LogP contribution in [0.4, 0.5) is 5.69 Å².